The van der Waals surface area contributed by atoms with Crippen molar-refractivity contribution in [3.05, 3.63) is 29.8 Å². The van der Waals surface area contributed by atoms with Crippen molar-refractivity contribution in [3.63, 3.8) is 0 Å². The molecule has 2 N–H and O–H groups in total. The molecule has 1 fully saturated rings. The molecule has 0 heterocycles. The number of anilines is 1. The molecule has 1 aromatic rings. The Hall–Kier alpha value is -1.02. The van der Waals surface area contributed by atoms with Gasteiger partial charge < -0.3 is 10.4 Å². The maximum Gasteiger partial charge on any atom is 0.0681 e. The second-order valence-corrected chi connectivity index (χ2v) is 4.13. The summed E-state index contributed by atoms with van der Waals surface area (Å²) in [5.74, 6) is 0.868. The van der Waals surface area contributed by atoms with E-state index in [2.05, 4.69) is 12.2 Å². The fraction of sp³-hybridized carbons (Fsp3) is 0.500. The number of aliphatic hydroxyl groups is 1. The second-order valence-electron chi connectivity index (χ2n) is 4.13. The van der Waals surface area contributed by atoms with Gasteiger partial charge in [0.2, 0.25) is 0 Å². The molecule has 1 aliphatic rings. The highest BCUT2D eigenvalue weighted by Gasteiger charge is 2.27. The summed E-state index contributed by atoms with van der Waals surface area (Å²) in [7, 11) is 0. The number of aliphatic hydroxyl groups excluding tert-OH is 1. The van der Waals surface area contributed by atoms with E-state index < -0.39 is 0 Å². The van der Waals surface area contributed by atoms with Crippen molar-refractivity contribution in [2.24, 2.45) is 5.92 Å². The van der Waals surface area contributed by atoms with Crippen molar-refractivity contribution in [1.82, 2.24) is 0 Å². The van der Waals surface area contributed by atoms with Crippen LogP contribution in [0.3, 0.4) is 0 Å². The zero-order chi connectivity index (χ0) is 9.97. The van der Waals surface area contributed by atoms with E-state index in [4.69, 9.17) is 5.11 Å². The Morgan fingerprint density at radius 3 is 2.50 bits per heavy atom. The lowest BCUT2D eigenvalue weighted by molar-refractivity contribution is 0.282. The summed E-state index contributed by atoms with van der Waals surface area (Å²) in [6, 6.07) is 8.56. The lowest BCUT2D eigenvalue weighted by Gasteiger charge is -2.14. The maximum absolute atomic E-state index is 8.89. The zero-order valence-electron chi connectivity index (χ0n) is 8.53. The molecule has 0 spiro atoms. The van der Waals surface area contributed by atoms with Gasteiger partial charge in [-0.3, -0.25) is 0 Å². The number of hydrogen-bond acceptors (Lipinski definition) is 2. The summed E-state index contributed by atoms with van der Waals surface area (Å²) in [6.07, 6.45) is 2.73. The van der Waals surface area contributed by atoms with E-state index in [1.54, 1.807) is 0 Å². The summed E-state index contributed by atoms with van der Waals surface area (Å²) < 4.78 is 0. The van der Waals surface area contributed by atoms with E-state index in [1.807, 2.05) is 24.3 Å². The fourth-order valence-electron chi connectivity index (χ4n) is 1.68. The summed E-state index contributed by atoms with van der Waals surface area (Å²) in [6.45, 7) is 2.36. The van der Waals surface area contributed by atoms with E-state index in [0.29, 0.717) is 6.04 Å². The largest absolute Gasteiger partial charge is 0.392 e. The molecule has 1 atom stereocenters. The van der Waals surface area contributed by atoms with Gasteiger partial charge in [0.1, 0.15) is 0 Å². The lowest BCUT2D eigenvalue weighted by Crippen LogP contribution is -2.16. The highest BCUT2D eigenvalue weighted by Crippen LogP contribution is 2.33. The first-order chi connectivity index (χ1) is 6.79. The minimum atomic E-state index is 0.123. The van der Waals surface area contributed by atoms with Crippen LogP contribution in [0.5, 0.6) is 0 Å². The van der Waals surface area contributed by atoms with Gasteiger partial charge in [-0.05, 0) is 43.4 Å². The fourth-order valence-corrected chi connectivity index (χ4v) is 1.68. The van der Waals surface area contributed by atoms with Crippen molar-refractivity contribution in [2.75, 3.05) is 5.32 Å². The molecule has 0 aliphatic heterocycles. The minimum absolute atomic E-state index is 0.123. The smallest absolute Gasteiger partial charge is 0.0681 e. The summed E-state index contributed by atoms with van der Waals surface area (Å²) in [5, 5.41) is 12.4. The molecule has 1 saturated carbocycles. The van der Waals surface area contributed by atoms with Crippen molar-refractivity contribution in [1.29, 1.82) is 0 Å². The number of benzene rings is 1. The van der Waals surface area contributed by atoms with Crippen LogP contribution in [0.1, 0.15) is 25.3 Å². The van der Waals surface area contributed by atoms with Gasteiger partial charge in [0, 0.05) is 11.7 Å². The van der Waals surface area contributed by atoms with Crippen LogP contribution < -0.4 is 5.32 Å². The topological polar surface area (TPSA) is 32.3 Å². The molecular formula is C12H17NO. The molecule has 1 unspecified atom stereocenters. The molecule has 76 valence electrons. The molecule has 2 heteroatoms. The van der Waals surface area contributed by atoms with Gasteiger partial charge in [0.25, 0.3) is 0 Å². The SMILES string of the molecule is CC(Nc1ccc(CO)cc1)C1CC1. The first-order valence-electron chi connectivity index (χ1n) is 5.26. The average Bonchev–Trinajstić information content (AvgIpc) is 3.02. The normalized spacial score (nSPS) is 17.9. The molecule has 1 aromatic carbocycles. The van der Waals surface area contributed by atoms with Crippen LogP contribution in [0.4, 0.5) is 5.69 Å². The third-order valence-corrected chi connectivity index (χ3v) is 2.86. The van der Waals surface area contributed by atoms with Gasteiger partial charge >= 0.3 is 0 Å². The highest BCUT2D eigenvalue weighted by atomic mass is 16.3. The third kappa shape index (κ3) is 2.26. The van der Waals surface area contributed by atoms with Crippen LogP contribution in [-0.2, 0) is 6.61 Å². The van der Waals surface area contributed by atoms with Gasteiger partial charge in [0.05, 0.1) is 6.61 Å². The van der Waals surface area contributed by atoms with Gasteiger partial charge in [-0.25, -0.2) is 0 Å². The second kappa shape index (κ2) is 4.01. The van der Waals surface area contributed by atoms with Gasteiger partial charge in [-0.15, -0.1) is 0 Å². The van der Waals surface area contributed by atoms with E-state index in [-0.39, 0.29) is 6.61 Å². The van der Waals surface area contributed by atoms with Crippen LogP contribution in [0.15, 0.2) is 24.3 Å². The van der Waals surface area contributed by atoms with Crippen molar-refractivity contribution >= 4 is 5.69 Å². The average molecular weight is 191 g/mol. The van der Waals surface area contributed by atoms with E-state index in [9.17, 15) is 0 Å². The first kappa shape index (κ1) is 9.53. The predicted octanol–water partition coefficient (Wildman–Crippen LogP) is 2.39. The van der Waals surface area contributed by atoms with Crippen LogP contribution in [0, 0.1) is 5.92 Å². The zero-order valence-corrected chi connectivity index (χ0v) is 8.53. The van der Waals surface area contributed by atoms with Crippen LogP contribution >= 0.6 is 0 Å². The standard InChI is InChI=1S/C12H17NO/c1-9(11-4-5-11)13-12-6-2-10(8-14)3-7-12/h2-3,6-7,9,11,13-14H,4-5,8H2,1H3. The van der Waals surface area contributed by atoms with E-state index in [0.717, 1.165) is 17.2 Å². The Morgan fingerprint density at radius 2 is 2.00 bits per heavy atom. The van der Waals surface area contributed by atoms with E-state index in [1.165, 1.54) is 12.8 Å². The predicted molar refractivity (Wildman–Crippen MR) is 58.2 cm³/mol. The Balaban J connectivity index is 1.95. The van der Waals surface area contributed by atoms with Crippen molar-refractivity contribution < 1.29 is 5.11 Å². The molecular weight excluding hydrogens is 174 g/mol. The third-order valence-electron chi connectivity index (χ3n) is 2.86. The summed E-state index contributed by atoms with van der Waals surface area (Å²) in [4.78, 5) is 0. The maximum atomic E-state index is 8.89. The minimum Gasteiger partial charge on any atom is -0.392 e. The molecule has 0 aromatic heterocycles. The molecule has 0 bridgehead atoms. The number of hydrogen-bond donors (Lipinski definition) is 2. The molecule has 2 rings (SSSR count). The van der Waals surface area contributed by atoms with Crippen LogP contribution in [0.2, 0.25) is 0 Å². The van der Waals surface area contributed by atoms with E-state index >= 15 is 0 Å². The lowest BCUT2D eigenvalue weighted by atomic mass is 10.1. The van der Waals surface area contributed by atoms with Crippen LogP contribution in [0.25, 0.3) is 0 Å². The van der Waals surface area contributed by atoms with Crippen LogP contribution in [-0.4, -0.2) is 11.1 Å². The Morgan fingerprint density at radius 1 is 1.36 bits per heavy atom. The van der Waals surface area contributed by atoms with Crippen molar-refractivity contribution in [2.45, 2.75) is 32.4 Å². The number of nitrogens with one attached hydrogen (secondary N) is 1. The van der Waals surface area contributed by atoms with Gasteiger partial charge in [-0.1, -0.05) is 12.1 Å². The van der Waals surface area contributed by atoms with Gasteiger partial charge in [-0.2, -0.15) is 0 Å². The Labute approximate surface area is 85.0 Å². The summed E-state index contributed by atoms with van der Waals surface area (Å²) in [5.41, 5.74) is 2.12. The molecule has 2 nitrogen and oxygen atoms in total. The highest BCUT2D eigenvalue weighted by molar-refractivity contribution is 5.45. The molecule has 0 amide bonds. The van der Waals surface area contributed by atoms with Crippen molar-refractivity contribution in [3.8, 4) is 0 Å². The Kier molecular flexibility index (Phi) is 2.73. The first-order valence-corrected chi connectivity index (χ1v) is 5.26. The summed E-state index contributed by atoms with van der Waals surface area (Å²) >= 11 is 0. The number of rotatable bonds is 4. The monoisotopic (exact) mass is 191 g/mol. The Bertz CT molecular complexity index is 290. The van der Waals surface area contributed by atoms with Gasteiger partial charge in [0.15, 0.2) is 0 Å². The quantitative estimate of drug-likeness (QED) is 0.766. The molecule has 14 heavy (non-hydrogen) atoms. The molecule has 0 saturated heterocycles. The molecule has 1 aliphatic carbocycles. The molecule has 0 radical (unpaired) electrons.